The van der Waals surface area contributed by atoms with Gasteiger partial charge in [-0.2, -0.15) is 11.3 Å². The van der Waals surface area contributed by atoms with Crippen molar-refractivity contribution in [1.29, 1.82) is 0 Å². The van der Waals surface area contributed by atoms with Crippen LogP contribution >= 0.6 is 22.9 Å². The molecule has 7 heteroatoms. The summed E-state index contributed by atoms with van der Waals surface area (Å²) < 4.78 is 0. The molecule has 2 aromatic rings. The number of hydrogen-bond acceptors (Lipinski definition) is 4. The average molecular weight is 310 g/mol. The van der Waals surface area contributed by atoms with Gasteiger partial charge in [0.2, 0.25) is 5.91 Å². The molecule has 0 aliphatic heterocycles. The Morgan fingerprint density at radius 2 is 2.15 bits per heavy atom. The lowest BCUT2D eigenvalue weighted by Gasteiger charge is -2.05. The third-order valence-electron chi connectivity index (χ3n) is 2.42. The Morgan fingerprint density at radius 1 is 1.30 bits per heavy atom. The molecular formula is C13H12ClN3O2S. The second kappa shape index (κ2) is 7.02. The maximum atomic E-state index is 11.6. The summed E-state index contributed by atoms with van der Waals surface area (Å²) in [4.78, 5) is 27.2. The third-order valence-corrected chi connectivity index (χ3v) is 3.32. The number of nitrogens with one attached hydrogen (secondary N) is 2. The largest absolute Gasteiger partial charge is 0.351 e. The molecule has 2 amide bonds. The van der Waals surface area contributed by atoms with Gasteiger partial charge in [0.1, 0.15) is 5.82 Å². The summed E-state index contributed by atoms with van der Waals surface area (Å²) in [5.74, 6) is 0.0395. The molecule has 0 atom stereocenters. The van der Waals surface area contributed by atoms with Crippen LogP contribution in [0.1, 0.15) is 16.8 Å². The van der Waals surface area contributed by atoms with Crippen LogP contribution in [0.2, 0.25) is 5.02 Å². The number of anilines is 1. The summed E-state index contributed by atoms with van der Waals surface area (Å²) >= 11 is 7.15. The molecule has 0 radical (unpaired) electrons. The van der Waals surface area contributed by atoms with Gasteiger partial charge in [-0.1, -0.05) is 11.6 Å². The van der Waals surface area contributed by atoms with Gasteiger partial charge in [0, 0.05) is 30.1 Å². The van der Waals surface area contributed by atoms with E-state index in [-0.39, 0.29) is 24.8 Å². The van der Waals surface area contributed by atoms with Crippen molar-refractivity contribution in [3.8, 4) is 0 Å². The van der Waals surface area contributed by atoms with Crippen molar-refractivity contribution >= 4 is 40.6 Å². The van der Waals surface area contributed by atoms with E-state index in [0.29, 0.717) is 16.4 Å². The number of nitrogens with zero attached hydrogens (tertiary/aromatic N) is 1. The molecule has 0 saturated heterocycles. The first-order valence-electron chi connectivity index (χ1n) is 5.87. The Hall–Kier alpha value is -1.92. The zero-order chi connectivity index (χ0) is 14.4. The Labute approximate surface area is 125 Å². The van der Waals surface area contributed by atoms with Crippen LogP contribution in [-0.2, 0) is 4.79 Å². The molecule has 2 aromatic heterocycles. The Kier molecular flexibility index (Phi) is 5.09. The number of thiophene rings is 1. The fourth-order valence-electron chi connectivity index (χ4n) is 1.44. The third kappa shape index (κ3) is 4.32. The van der Waals surface area contributed by atoms with Crippen LogP contribution in [0.4, 0.5) is 5.82 Å². The second-order valence-electron chi connectivity index (χ2n) is 3.93. The van der Waals surface area contributed by atoms with Crippen LogP contribution < -0.4 is 10.6 Å². The Bertz CT molecular complexity index is 584. The molecule has 0 aliphatic rings. The molecule has 2 heterocycles. The summed E-state index contributed by atoms with van der Waals surface area (Å²) in [5.41, 5.74) is 0.606. The molecule has 2 rings (SSSR count). The maximum Gasteiger partial charge on any atom is 0.252 e. The first-order chi connectivity index (χ1) is 9.65. The number of hydrogen-bond donors (Lipinski definition) is 2. The number of halogens is 1. The van der Waals surface area contributed by atoms with Gasteiger partial charge in [0.05, 0.1) is 5.02 Å². The summed E-state index contributed by atoms with van der Waals surface area (Å²) in [5, 5.41) is 9.39. The second-order valence-corrected chi connectivity index (χ2v) is 5.14. The van der Waals surface area contributed by atoms with Crippen molar-refractivity contribution in [3.63, 3.8) is 0 Å². The molecule has 0 fully saturated rings. The van der Waals surface area contributed by atoms with Gasteiger partial charge in [-0.05, 0) is 23.6 Å². The van der Waals surface area contributed by atoms with E-state index in [2.05, 4.69) is 15.6 Å². The fourth-order valence-corrected chi connectivity index (χ4v) is 2.19. The molecule has 104 valence electrons. The highest BCUT2D eigenvalue weighted by molar-refractivity contribution is 7.08. The van der Waals surface area contributed by atoms with E-state index in [0.717, 1.165) is 0 Å². The van der Waals surface area contributed by atoms with Crippen molar-refractivity contribution < 1.29 is 9.59 Å². The normalized spacial score (nSPS) is 10.1. The highest BCUT2D eigenvalue weighted by Crippen LogP contribution is 2.09. The van der Waals surface area contributed by atoms with Gasteiger partial charge in [0.25, 0.3) is 5.91 Å². The van der Waals surface area contributed by atoms with Crippen LogP contribution in [0, 0.1) is 0 Å². The van der Waals surface area contributed by atoms with Gasteiger partial charge in [-0.25, -0.2) is 4.98 Å². The topological polar surface area (TPSA) is 71.1 Å². The van der Waals surface area contributed by atoms with Crippen molar-refractivity contribution in [3.05, 3.63) is 45.7 Å². The summed E-state index contributed by atoms with van der Waals surface area (Å²) in [6.07, 6.45) is 1.63. The van der Waals surface area contributed by atoms with Gasteiger partial charge in [0.15, 0.2) is 0 Å². The van der Waals surface area contributed by atoms with Gasteiger partial charge >= 0.3 is 0 Å². The monoisotopic (exact) mass is 309 g/mol. The van der Waals surface area contributed by atoms with Crippen LogP contribution in [0.3, 0.4) is 0 Å². The van der Waals surface area contributed by atoms with Crippen molar-refractivity contribution in [2.45, 2.75) is 6.42 Å². The first kappa shape index (κ1) is 14.5. The lowest BCUT2D eigenvalue weighted by Crippen LogP contribution is -2.27. The quantitative estimate of drug-likeness (QED) is 0.891. The number of rotatable bonds is 5. The van der Waals surface area contributed by atoms with E-state index in [1.807, 2.05) is 5.38 Å². The smallest absolute Gasteiger partial charge is 0.252 e. The minimum absolute atomic E-state index is 0.177. The minimum Gasteiger partial charge on any atom is -0.351 e. The fraction of sp³-hybridized carbons (Fsp3) is 0.154. The molecule has 0 bridgehead atoms. The Balaban J connectivity index is 1.73. The van der Waals surface area contributed by atoms with Crippen molar-refractivity contribution in [2.75, 3.05) is 11.9 Å². The first-order valence-corrected chi connectivity index (χ1v) is 7.19. The number of pyridine rings is 1. The highest BCUT2D eigenvalue weighted by Gasteiger charge is 2.07. The molecule has 20 heavy (non-hydrogen) atoms. The number of carbonyl (C=O) groups excluding carboxylic acids is 2. The van der Waals surface area contributed by atoms with Crippen LogP contribution in [0.5, 0.6) is 0 Å². The summed E-state index contributed by atoms with van der Waals surface area (Å²) in [6, 6.07) is 4.99. The standard InChI is InChI=1S/C13H12ClN3O2S/c14-10-1-2-11(16-7-10)17-12(18)3-5-15-13(19)9-4-6-20-8-9/h1-2,4,6-8H,3,5H2,(H,15,19)(H,16,17,18). The lowest BCUT2D eigenvalue weighted by atomic mass is 10.3. The SMILES string of the molecule is O=C(CCNC(=O)c1ccsc1)Nc1ccc(Cl)cn1. The highest BCUT2D eigenvalue weighted by atomic mass is 35.5. The number of amides is 2. The zero-order valence-corrected chi connectivity index (χ0v) is 12.0. The molecule has 5 nitrogen and oxygen atoms in total. The number of carbonyl (C=O) groups is 2. The van der Waals surface area contributed by atoms with Gasteiger partial charge in [-0.15, -0.1) is 0 Å². The molecule has 0 unspecified atom stereocenters. The zero-order valence-electron chi connectivity index (χ0n) is 10.4. The Morgan fingerprint density at radius 3 is 2.80 bits per heavy atom. The summed E-state index contributed by atoms with van der Waals surface area (Å²) in [6.45, 7) is 0.272. The number of aromatic nitrogens is 1. The molecule has 2 N–H and O–H groups in total. The predicted octanol–water partition coefficient (Wildman–Crippen LogP) is 2.56. The van der Waals surface area contributed by atoms with E-state index in [1.54, 1.807) is 23.6 Å². The van der Waals surface area contributed by atoms with E-state index < -0.39 is 0 Å². The molecule has 0 spiro atoms. The molecule has 0 aliphatic carbocycles. The van der Waals surface area contributed by atoms with Gasteiger partial charge in [-0.3, -0.25) is 9.59 Å². The molecular weight excluding hydrogens is 298 g/mol. The summed E-state index contributed by atoms with van der Waals surface area (Å²) in [7, 11) is 0. The average Bonchev–Trinajstić information content (AvgIpc) is 2.95. The van der Waals surface area contributed by atoms with E-state index in [1.165, 1.54) is 17.5 Å². The van der Waals surface area contributed by atoms with E-state index in [4.69, 9.17) is 11.6 Å². The molecule has 0 aromatic carbocycles. The van der Waals surface area contributed by atoms with Crippen LogP contribution in [0.25, 0.3) is 0 Å². The van der Waals surface area contributed by atoms with E-state index in [9.17, 15) is 9.59 Å². The minimum atomic E-state index is -0.217. The lowest BCUT2D eigenvalue weighted by molar-refractivity contribution is -0.116. The van der Waals surface area contributed by atoms with Gasteiger partial charge < -0.3 is 10.6 Å². The molecule has 0 saturated carbocycles. The predicted molar refractivity (Wildman–Crippen MR) is 79.1 cm³/mol. The van der Waals surface area contributed by atoms with Crippen molar-refractivity contribution in [1.82, 2.24) is 10.3 Å². The van der Waals surface area contributed by atoms with E-state index >= 15 is 0 Å². The maximum absolute atomic E-state index is 11.6. The van der Waals surface area contributed by atoms with Crippen LogP contribution in [-0.4, -0.2) is 23.3 Å². The van der Waals surface area contributed by atoms with Crippen LogP contribution in [0.15, 0.2) is 35.2 Å². The van der Waals surface area contributed by atoms with Crippen molar-refractivity contribution in [2.24, 2.45) is 0 Å².